The second-order valence-corrected chi connectivity index (χ2v) is 10.1. The minimum atomic E-state index is -0.150. The fourth-order valence-electron chi connectivity index (χ4n) is 5.21. The number of carbonyl (C=O) groups is 1. The number of nitrogens with one attached hydrogen (secondary N) is 2. The summed E-state index contributed by atoms with van der Waals surface area (Å²) in [6.07, 6.45) is 8.50. The van der Waals surface area contributed by atoms with Gasteiger partial charge in [0.2, 0.25) is 0 Å². The minimum absolute atomic E-state index is 0.0459. The first-order valence-corrected chi connectivity index (χ1v) is 12.3. The number of Topliss-reactive ketones (excluding diaryl/α,β-unsaturated/α-hetero) is 1. The highest BCUT2D eigenvalue weighted by Crippen LogP contribution is 2.52. The smallest absolute Gasteiger partial charge is 0.274 e. The van der Waals surface area contributed by atoms with E-state index in [4.69, 9.17) is 9.47 Å². The molecule has 0 bridgehead atoms. The van der Waals surface area contributed by atoms with Crippen LogP contribution in [0.1, 0.15) is 42.5 Å². The summed E-state index contributed by atoms with van der Waals surface area (Å²) in [6, 6.07) is 5.32. The number of aromatic nitrogens is 4. The quantitative estimate of drug-likeness (QED) is 0.428. The van der Waals surface area contributed by atoms with Gasteiger partial charge in [-0.3, -0.25) is 9.59 Å². The van der Waals surface area contributed by atoms with Gasteiger partial charge in [0.15, 0.2) is 11.4 Å². The van der Waals surface area contributed by atoms with Crippen molar-refractivity contribution < 1.29 is 14.3 Å². The van der Waals surface area contributed by atoms with E-state index < -0.39 is 0 Å². The highest BCUT2D eigenvalue weighted by molar-refractivity contribution is 6.01. The summed E-state index contributed by atoms with van der Waals surface area (Å²) in [4.78, 5) is 30.8. The summed E-state index contributed by atoms with van der Waals surface area (Å²) in [7, 11) is 1.78. The van der Waals surface area contributed by atoms with Crippen molar-refractivity contribution in [2.24, 2.45) is 11.3 Å². The van der Waals surface area contributed by atoms with Gasteiger partial charge in [0.1, 0.15) is 17.3 Å². The van der Waals surface area contributed by atoms with Crippen LogP contribution in [0.25, 0.3) is 5.65 Å². The Morgan fingerprint density at radius 3 is 2.86 bits per heavy atom. The molecule has 3 aromatic rings. The van der Waals surface area contributed by atoms with Crippen molar-refractivity contribution >= 4 is 28.8 Å². The highest BCUT2D eigenvalue weighted by Gasteiger charge is 2.50. The molecule has 2 saturated carbocycles. The zero-order chi connectivity index (χ0) is 24.0. The van der Waals surface area contributed by atoms with Crippen LogP contribution in [-0.4, -0.2) is 57.9 Å². The molecule has 2 aliphatic carbocycles. The molecule has 0 radical (unpaired) electrons. The first-order chi connectivity index (χ1) is 17.0. The third-order valence-corrected chi connectivity index (χ3v) is 7.26. The molecule has 184 valence electrons. The fourth-order valence-corrected chi connectivity index (χ4v) is 5.21. The van der Waals surface area contributed by atoms with E-state index in [0.29, 0.717) is 65.5 Å². The normalized spacial score (nSPS) is 18.9. The van der Waals surface area contributed by atoms with Crippen LogP contribution in [-0.2, 0) is 16.0 Å². The van der Waals surface area contributed by atoms with Crippen molar-refractivity contribution in [1.29, 1.82) is 0 Å². The largest absolute Gasteiger partial charge is 0.380 e. The van der Waals surface area contributed by atoms with E-state index in [1.807, 2.05) is 6.07 Å². The van der Waals surface area contributed by atoms with Gasteiger partial charge in [0.25, 0.3) is 5.56 Å². The lowest BCUT2D eigenvalue weighted by atomic mass is 9.59. The van der Waals surface area contributed by atoms with E-state index in [2.05, 4.69) is 20.7 Å². The number of hydrogen-bond acceptors (Lipinski definition) is 8. The molecular formula is C25H30N6O4. The van der Waals surface area contributed by atoms with Crippen LogP contribution in [0.3, 0.4) is 0 Å². The zero-order valence-electron chi connectivity index (χ0n) is 19.8. The van der Waals surface area contributed by atoms with Crippen molar-refractivity contribution in [3.8, 4) is 0 Å². The number of fused-ring (bicyclic) bond motifs is 1. The first kappa shape index (κ1) is 22.2. The lowest BCUT2D eigenvalue weighted by molar-refractivity contribution is -0.177. The molecular weight excluding hydrogens is 448 g/mol. The molecule has 0 unspecified atom stereocenters. The monoisotopic (exact) mass is 478 g/mol. The van der Waals surface area contributed by atoms with Gasteiger partial charge in [-0.05, 0) is 43.7 Å². The maximum atomic E-state index is 13.1. The number of hydrogen-bond donors (Lipinski definition) is 2. The Morgan fingerprint density at radius 1 is 1.31 bits per heavy atom. The Hall–Kier alpha value is -3.24. The van der Waals surface area contributed by atoms with Crippen LogP contribution in [0.2, 0.25) is 0 Å². The number of pyridine rings is 1. The lowest BCUT2D eigenvalue weighted by Gasteiger charge is -2.53. The fraction of sp³-hybridized carbons (Fsp3) is 0.520. The van der Waals surface area contributed by atoms with Crippen molar-refractivity contribution in [3.05, 3.63) is 46.5 Å². The minimum Gasteiger partial charge on any atom is -0.380 e. The Labute approximate surface area is 202 Å². The van der Waals surface area contributed by atoms with Crippen LogP contribution < -0.4 is 16.2 Å². The summed E-state index contributed by atoms with van der Waals surface area (Å²) in [5.41, 5.74) is 1.56. The Kier molecular flexibility index (Phi) is 5.57. The molecule has 6 rings (SSSR count). The predicted molar refractivity (Wildman–Crippen MR) is 130 cm³/mol. The lowest BCUT2D eigenvalue weighted by Crippen LogP contribution is -2.52. The maximum Gasteiger partial charge on any atom is 0.274 e. The molecule has 1 aliphatic heterocycles. The molecule has 35 heavy (non-hydrogen) atoms. The van der Waals surface area contributed by atoms with Crippen LogP contribution in [0.4, 0.5) is 17.3 Å². The molecule has 0 amide bonds. The molecule has 1 spiro atoms. The summed E-state index contributed by atoms with van der Waals surface area (Å²) < 4.78 is 14.3. The second kappa shape index (κ2) is 8.76. The summed E-state index contributed by atoms with van der Waals surface area (Å²) >= 11 is 0. The van der Waals surface area contributed by atoms with E-state index in [9.17, 15) is 9.59 Å². The van der Waals surface area contributed by atoms with Gasteiger partial charge in [-0.1, -0.05) is 0 Å². The second-order valence-electron chi connectivity index (χ2n) is 10.1. The maximum absolute atomic E-state index is 13.1. The summed E-state index contributed by atoms with van der Waals surface area (Å²) in [6.45, 7) is 2.66. The molecule has 10 nitrogen and oxygen atoms in total. The summed E-state index contributed by atoms with van der Waals surface area (Å²) in [5.74, 6) is 1.57. The van der Waals surface area contributed by atoms with E-state index in [1.54, 1.807) is 40.7 Å². The van der Waals surface area contributed by atoms with E-state index in [-0.39, 0.29) is 11.3 Å². The molecule has 3 aliphatic rings. The topological polar surface area (TPSA) is 112 Å². The molecule has 3 aromatic heterocycles. The van der Waals surface area contributed by atoms with Crippen molar-refractivity contribution in [2.45, 2.75) is 44.8 Å². The number of carbonyl (C=O) groups excluding carboxylic acids is 1. The number of nitrogens with zero attached hydrogens (tertiary/aromatic N) is 4. The average Bonchev–Trinajstić information content (AvgIpc) is 3.52. The number of ether oxygens (including phenoxy) is 2. The average molecular weight is 479 g/mol. The molecule has 3 fully saturated rings. The number of ketones is 1. The van der Waals surface area contributed by atoms with Crippen molar-refractivity contribution in [3.63, 3.8) is 0 Å². The van der Waals surface area contributed by atoms with Gasteiger partial charge in [-0.15, -0.1) is 0 Å². The van der Waals surface area contributed by atoms with Crippen LogP contribution in [0.15, 0.2) is 35.4 Å². The molecule has 2 N–H and O–H groups in total. The molecule has 1 saturated heterocycles. The SMILES string of the molecule is CNc1cc(Nc2cccn(CCOC3CC3)c2=O)nc2c(C(=O)CC3CC4(COC4)C3)cnn12. The Balaban J connectivity index is 1.21. The van der Waals surface area contributed by atoms with Crippen LogP contribution in [0, 0.1) is 11.3 Å². The summed E-state index contributed by atoms with van der Waals surface area (Å²) in [5, 5.41) is 10.6. The molecule has 0 aromatic carbocycles. The Morgan fingerprint density at radius 2 is 2.14 bits per heavy atom. The van der Waals surface area contributed by atoms with Crippen molar-refractivity contribution in [2.75, 3.05) is 37.5 Å². The zero-order valence-corrected chi connectivity index (χ0v) is 19.8. The first-order valence-electron chi connectivity index (χ1n) is 12.3. The third kappa shape index (κ3) is 4.32. The van der Waals surface area contributed by atoms with Gasteiger partial charge in [-0.2, -0.15) is 9.61 Å². The Bertz CT molecular complexity index is 1320. The molecule has 4 heterocycles. The third-order valence-electron chi connectivity index (χ3n) is 7.26. The van der Waals surface area contributed by atoms with Gasteiger partial charge < -0.3 is 24.7 Å². The molecule has 0 atom stereocenters. The number of rotatable bonds is 10. The van der Waals surface area contributed by atoms with Gasteiger partial charge >= 0.3 is 0 Å². The van der Waals surface area contributed by atoms with Crippen LogP contribution >= 0.6 is 0 Å². The van der Waals surface area contributed by atoms with E-state index in [1.165, 1.54) is 0 Å². The standard InChI is InChI=1S/C25H30N6O4/c1-26-22-10-21(28-19-3-2-6-30(24(19)33)7-8-35-17-4-5-17)29-23-18(13-27-31(22)23)20(32)9-16-11-25(12-16)14-34-15-25/h2-3,6,10,13,16-17,26H,4-5,7-9,11-12,14-15H2,1H3,(H,28,29). The van der Waals surface area contributed by atoms with Gasteiger partial charge in [0, 0.05) is 37.7 Å². The number of anilines is 3. The van der Waals surface area contributed by atoms with E-state index >= 15 is 0 Å². The highest BCUT2D eigenvalue weighted by atomic mass is 16.5. The van der Waals surface area contributed by atoms with E-state index in [0.717, 1.165) is 38.9 Å². The van der Waals surface area contributed by atoms with Crippen molar-refractivity contribution in [1.82, 2.24) is 19.2 Å². The molecule has 10 heteroatoms. The van der Waals surface area contributed by atoms with Gasteiger partial charge in [0.05, 0.1) is 37.7 Å². The predicted octanol–water partition coefficient (Wildman–Crippen LogP) is 2.85. The van der Waals surface area contributed by atoms with Crippen LogP contribution in [0.5, 0.6) is 0 Å². The van der Waals surface area contributed by atoms with Gasteiger partial charge in [-0.25, -0.2) is 4.98 Å².